The van der Waals surface area contributed by atoms with E-state index in [1.165, 1.54) is 11.3 Å². The summed E-state index contributed by atoms with van der Waals surface area (Å²) >= 11 is 1.47. The molecule has 0 aliphatic rings. The number of nitrogens with zero attached hydrogens (tertiary/aromatic N) is 1. The Morgan fingerprint density at radius 3 is 2.39 bits per heavy atom. The van der Waals surface area contributed by atoms with Crippen LogP contribution in [0.15, 0.2) is 51.1 Å². The van der Waals surface area contributed by atoms with Gasteiger partial charge in [-0.05, 0) is 37.4 Å². The molecule has 0 fully saturated rings. The molecule has 18 heavy (non-hydrogen) atoms. The molecule has 0 radical (unpaired) electrons. The van der Waals surface area contributed by atoms with Crippen molar-refractivity contribution in [1.29, 1.82) is 0 Å². The molecule has 2 aromatic rings. The van der Waals surface area contributed by atoms with E-state index in [1.54, 1.807) is 31.2 Å². The molecule has 0 aliphatic carbocycles. The Kier molecular flexibility index (Phi) is 3.63. The highest BCUT2D eigenvalue weighted by atomic mass is 32.2. The second-order valence-electron chi connectivity index (χ2n) is 3.94. The van der Waals surface area contributed by atoms with Crippen molar-refractivity contribution in [2.45, 2.75) is 18.7 Å². The number of hydrogen-bond donors (Lipinski definition) is 0. The predicted octanol–water partition coefficient (Wildman–Crippen LogP) is 3.25. The van der Waals surface area contributed by atoms with Crippen LogP contribution in [0.2, 0.25) is 0 Å². The first kappa shape index (κ1) is 13.0. The van der Waals surface area contributed by atoms with E-state index in [0.29, 0.717) is 5.71 Å². The molecule has 2 rings (SSSR count). The smallest absolute Gasteiger partial charge is 0.199 e. The zero-order valence-corrected chi connectivity index (χ0v) is 11.8. The maximum Gasteiger partial charge on any atom is 0.282 e. The second-order valence-corrected chi connectivity index (χ2v) is 6.49. The third-order valence-electron chi connectivity index (χ3n) is 2.45. The van der Waals surface area contributed by atoms with E-state index in [-0.39, 0.29) is 4.90 Å². The molecular formula is C13H13NO2S2. The number of benzene rings is 1. The van der Waals surface area contributed by atoms with Crippen LogP contribution in [0.4, 0.5) is 0 Å². The first-order chi connectivity index (χ1) is 8.49. The van der Waals surface area contributed by atoms with E-state index in [2.05, 4.69) is 4.40 Å². The molecule has 0 unspecified atom stereocenters. The second kappa shape index (κ2) is 5.04. The summed E-state index contributed by atoms with van der Waals surface area (Å²) in [6, 6.07) is 10.4. The standard InChI is InChI=1S/C13H13NO2S2/c1-10-5-7-12(8-6-10)18(15,16)14-11(2)13-4-3-9-17-13/h3-9H,1-2H3/b14-11-. The first-order valence-corrected chi connectivity index (χ1v) is 7.73. The van der Waals surface area contributed by atoms with Crippen molar-refractivity contribution in [2.24, 2.45) is 4.40 Å². The minimum absolute atomic E-state index is 0.226. The maximum absolute atomic E-state index is 12.1. The lowest BCUT2D eigenvalue weighted by Crippen LogP contribution is -2.02. The predicted molar refractivity (Wildman–Crippen MR) is 74.9 cm³/mol. The van der Waals surface area contributed by atoms with E-state index in [9.17, 15) is 8.42 Å². The number of sulfonamides is 1. The summed E-state index contributed by atoms with van der Waals surface area (Å²) in [5.74, 6) is 0. The minimum atomic E-state index is -3.61. The molecule has 0 spiro atoms. The van der Waals surface area contributed by atoms with Crippen LogP contribution in [0.1, 0.15) is 17.4 Å². The van der Waals surface area contributed by atoms with Gasteiger partial charge in [-0.25, -0.2) is 0 Å². The number of hydrogen-bond acceptors (Lipinski definition) is 3. The molecule has 3 nitrogen and oxygen atoms in total. The van der Waals surface area contributed by atoms with Crippen molar-refractivity contribution >= 4 is 27.1 Å². The highest BCUT2D eigenvalue weighted by Gasteiger charge is 2.13. The molecule has 0 aliphatic heterocycles. The fourth-order valence-corrected chi connectivity index (χ4v) is 3.25. The molecular weight excluding hydrogens is 266 g/mol. The van der Waals surface area contributed by atoms with Crippen molar-refractivity contribution in [3.8, 4) is 0 Å². The summed E-state index contributed by atoms with van der Waals surface area (Å²) in [4.78, 5) is 1.09. The quantitative estimate of drug-likeness (QED) is 0.810. The number of rotatable bonds is 3. The van der Waals surface area contributed by atoms with Crippen LogP contribution in [-0.4, -0.2) is 14.1 Å². The van der Waals surface area contributed by atoms with Gasteiger partial charge in [-0.3, -0.25) is 0 Å². The SMILES string of the molecule is C/C(=N/S(=O)(=O)c1ccc(C)cc1)c1cccs1. The monoisotopic (exact) mass is 279 g/mol. The van der Waals surface area contributed by atoms with Crippen molar-refractivity contribution in [2.75, 3.05) is 0 Å². The van der Waals surface area contributed by atoms with Gasteiger partial charge in [-0.15, -0.1) is 11.3 Å². The molecule has 0 N–H and O–H groups in total. The lowest BCUT2D eigenvalue weighted by atomic mass is 10.2. The van der Waals surface area contributed by atoms with Gasteiger partial charge in [0.15, 0.2) is 0 Å². The van der Waals surface area contributed by atoms with Crippen LogP contribution < -0.4 is 0 Å². The Hall–Kier alpha value is -1.46. The molecule has 1 aromatic heterocycles. The maximum atomic E-state index is 12.1. The average Bonchev–Trinajstić information content (AvgIpc) is 2.82. The van der Waals surface area contributed by atoms with Gasteiger partial charge >= 0.3 is 0 Å². The van der Waals surface area contributed by atoms with Crippen LogP contribution in [-0.2, 0) is 10.0 Å². The fourth-order valence-electron chi connectivity index (χ4n) is 1.47. The molecule has 0 amide bonds. The van der Waals surface area contributed by atoms with E-state index in [1.807, 2.05) is 24.4 Å². The largest absolute Gasteiger partial charge is 0.282 e. The minimum Gasteiger partial charge on any atom is -0.199 e. The summed E-state index contributed by atoms with van der Waals surface area (Å²) < 4.78 is 28.0. The van der Waals surface area contributed by atoms with Gasteiger partial charge in [0.05, 0.1) is 10.6 Å². The summed E-state index contributed by atoms with van der Waals surface area (Å²) in [6.07, 6.45) is 0. The van der Waals surface area contributed by atoms with Crippen molar-refractivity contribution < 1.29 is 8.42 Å². The summed E-state index contributed by atoms with van der Waals surface area (Å²) in [6.45, 7) is 3.62. The fraction of sp³-hybridized carbons (Fsp3) is 0.154. The van der Waals surface area contributed by atoms with E-state index < -0.39 is 10.0 Å². The Balaban J connectivity index is 2.38. The number of thiophene rings is 1. The zero-order valence-electron chi connectivity index (χ0n) is 10.1. The van der Waals surface area contributed by atoms with Crippen LogP contribution in [0.25, 0.3) is 0 Å². The van der Waals surface area contributed by atoms with Crippen molar-refractivity contribution in [3.05, 3.63) is 52.2 Å². The third kappa shape index (κ3) is 2.86. The van der Waals surface area contributed by atoms with E-state index in [4.69, 9.17) is 0 Å². The Morgan fingerprint density at radius 1 is 1.17 bits per heavy atom. The Labute approximate surface area is 111 Å². The Morgan fingerprint density at radius 2 is 1.83 bits per heavy atom. The van der Waals surface area contributed by atoms with Crippen molar-refractivity contribution in [1.82, 2.24) is 0 Å². The highest BCUT2D eigenvalue weighted by Crippen LogP contribution is 2.16. The van der Waals surface area contributed by atoms with Crippen LogP contribution in [0, 0.1) is 6.92 Å². The molecule has 1 heterocycles. The normalized spacial score (nSPS) is 12.7. The first-order valence-electron chi connectivity index (χ1n) is 5.41. The van der Waals surface area contributed by atoms with Gasteiger partial charge < -0.3 is 0 Å². The molecule has 0 bridgehead atoms. The molecule has 5 heteroatoms. The van der Waals surface area contributed by atoms with E-state index in [0.717, 1.165) is 10.4 Å². The summed E-state index contributed by atoms with van der Waals surface area (Å²) in [7, 11) is -3.61. The van der Waals surface area contributed by atoms with Crippen LogP contribution in [0.5, 0.6) is 0 Å². The van der Waals surface area contributed by atoms with Gasteiger partial charge in [0, 0.05) is 4.88 Å². The Bertz CT molecular complexity index is 654. The van der Waals surface area contributed by atoms with Gasteiger partial charge in [0.1, 0.15) is 0 Å². The van der Waals surface area contributed by atoms with Gasteiger partial charge in [0.2, 0.25) is 0 Å². The zero-order chi connectivity index (χ0) is 13.2. The third-order valence-corrected chi connectivity index (χ3v) is 4.81. The average molecular weight is 279 g/mol. The summed E-state index contributed by atoms with van der Waals surface area (Å²) in [5.41, 5.74) is 1.54. The van der Waals surface area contributed by atoms with Crippen LogP contribution in [0.3, 0.4) is 0 Å². The lowest BCUT2D eigenvalue weighted by Gasteiger charge is -2.01. The topological polar surface area (TPSA) is 46.5 Å². The van der Waals surface area contributed by atoms with Gasteiger partial charge in [0.25, 0.3) is 10.0 Å². The lowest BCUT2D eigenvalue weighted by molar-refractivity contribution is 0.598. The molecule has 1 aromatic carbocycles. The van der Waals surface area contributed by atoms with E-state index >= 15 is 0 Å². The molecule has 0 saturated carbocycles. The van der Waals surface area contributed by atoms with Crippen molar-refractivity contribution in [3.63, 3.8) is 0 Å². The molecule has 0 atom stereocenters. The summed E-state index contributed by atoms with van der Waals surface area (Å²) in [5, 5.41) is 1.90. The van der Waals surface area contributed by atoms with Crippen LogP contribution >= 0.6 is 11.3 Å². The highest BCUT2D eigenvalue weighted by molar-refractivity contribution is 7.90. The van der Waals surface area contributed by atoms with Gasteiger partial charge in [-0.2, -0.15) is 12.8 Å². The molecule has 0 saturated heterocycles. The van der Waals surface area contributed by atoms with Gasteiger partial charge in [-0.1, -0.05) is 23.8 Å². The number of aryl methyl sites for hydroxylation is 1. The molecule has 94 valence electrons.